The largest absolute Gasteiger partial charge is 0.469 e. The molecular weight excluding hydrogens is 520 g/mol. The molecule has 0 radical (unpaired) electrons. The maximum Gasteiger partial charge on any atom is 0.388 e. The Labute approximate surface area is 221 Å². The summed E-state index contributed by atoms with van der Waals surface area (Å²) in [6.45, 7) is 2.55. The number of benzene rings is 1. The van der Waals surface area contributed by atoms with Crippen molar-refractivity contribution < 1.29 is 36.3 Å². The van der Waals surface area contributed by atoms with Crippen molar-refractivity contribution in [3.05, 3.63) is 53.2 Å². The van der Waals surface area contributed by atoms with Gasteiger partial charge in [-0.15, -0.1) is 0 Å². The highest BCUT2D eigenvalue weighted by molar-refractivity contribution is 7.89. The fraction of sp³-hybridized carbons (Fsp3) is 0.500. The molecule has 3 rings (SSSR count). The minimum Gasteiger partial charge on any atom is -0.469 e. The van der Waals surface area contributed by atoms with Crippen molar-refractivity contribution in [2.24, 2.45) is 0 Å². The number of piperidine rings is 1. The maximum absolute atomic E-state index is 14.0. The lowest BCUT2D eigenvalue weighted by Gasteiger charge is -2.41. The molecule has 1 aromatic carbocycles. The number of sulfonamides is 1. The molecule has 9 nitrogen and oxygen atoms in total. The Kier molecular flexibility index (Phi) is 9.42. The number of carbonyl (C=O) groups excluding carboxylic acids is 2. The Morgan fingerprint density at radius 1 is 1.13 bits per heavy atom. The molecule has 2 heterocycles. The van der Waals surface area contributed by atoms with Gasteiger partial charge in [-0.3, -0.25) is 9.59 Å². The third kappa shape index (κ3) is 6.65. The summed E-state index contributed by atoms with van der Waals surface area (Å²) in [5.41, 5.74) is 0.952. The van der Waals surface area contributed by atoms with E-state index in [1.165, 1.54) is 17.5 Å². The number of carbonyl (C=O) groups is 2. The van der Waals surface area contributed by atoms with Crippen LogP contribution >= 0.6 is 0 Å². The maximum atomic E-state index is 14.0. The molecule has 1 amide bonds. The van der Waals surface area contributed by atoms with Crippen LogP contribution in [-0.2, 0) is 29.8 Å². The number of alkyl halides is 2. The molecule has 1 fully saturated rings. The Morgan fingerprint density at radius 3 is 2.39 bits per heavy atom. The number of methoxy groups -OCH3 is 1. The zero-order valence-electron chi connectivity index (χ0n) is 21.9. The number of hydrogen-bond donors (Lipinski definition) is 1. The minimum absolute atomic E-state index is 0.00423. The van der Waals surface area contributed by atoms with Crippen molar-refractivity contribution in [3.63, 3.8) is 0 Å². The molecule has 2 aromatic rings. The second-order valence-electron chi connectivity index (χ2n) is 9.50. The smallest absolute Gasteiger partial charge is 0.388 e. The highest BCUT2D eigenvalue weighted by Crippen LogP contribution is 2.41. The van der Waals surface area contributed by atoms with E-state index in [-0.39, 0.29) is 44.0 Å². The molecule has 1 aliphatic heterocycles. The van der Waals surface area contributed by atoms with Gasteiger partial charge in [0.15, 0.2) is 0 Å². The predicted octanol–water partition coefficient (Wildman–Crippen LogP) is 3.98. The quantitative estimate of drug-likeness (QED) is 0.443. The highest BCUT2D eigenvalue weighted by Gasteiger charge is 2.46. The van der Waals surface area contributed by atoms with Crippen LogP contribution in [0.15, 0.2) is 36.4 Å². The van der Waals surface area contributed by atoms with Crippen molar-refractivity contribution in [1.82, 2.24) is 9.29 Å². The Hall–Kier alpha value is -3.12. The SMILES string of the molecule is COC(=O)CCS(=O)(=O)N1CCC(C(=O)Nc2ccc(C)nc2OC(F)F)(c2ccccc2C(C)C)CC1. The minimum atomic E-state index is -3.77. The number of aryl methyl sites for hydroxylation is 1. The third-order valence-electron chi connectivity index (χ3n) is 6.74. The molecule has 0 spiro atoms. The van der Waals surface area contributed by atoms with Crippen LogP contribution < -0.4 is 10.1 Å². The van der Waals surface area contributed by atoms with Crippen molar-refractivity contribution in [1.29, 1.82) is 0 Å². The van der Waals surface area contributed by atoms with Gasteiger partial charge in [0.25, 0.3) is 0 Å². The fourth-order valence-electron chi connectivity index (χ4n) is 4.69. The Bertz CT molecular complexity index is 1260. The van der Waals surface area contributed by atoms with Crippen LogP contribution in [-0.4, -0.2) is 62.1 Å². The van der Waals surface area contributed by atoms with E-state index in [0.29, 0.717) is 5.69 Å². The van der Waals surface area contributed by atoms with Crippen molar-refractivity contribution in [2.45, 2.75) is 58.0 Å². The summed E-state index contributed by atoms with van der Waals surface area (Å²) in [7, 11) is -2.58. The molecule has 1 aromatic heterocycles. The number of ether oxygens (including phenoxy) is 2. The number of anilines is 1. The molecule has 12 heteroatoms. The topological polar surface area (TPSA) is 115 Å². The van der Waals surface area contributed by atoms with Crippen LogP contribution in [0.25, 0.3) is 0 Å². The first-order valence-electron chi connectivity index (χ1n) is 12.3. The summed E-state index contributed by atoms with van der Waals surface area (Å²) in [6.07, 6.45) is 0.0131. The van der Waals surface area contributed by atoms with Crippen LogP contribution in [0.1, 0.15) is 55.8 Å². The zero-order valence-corrected chi connectivity index (χ0v) is 22.7. The second-order valence-corrected chi connectivity index (χ2v) is 11.6. The summed E-state index contributed by atoms with van der Waals surface area (Å²) < 4.78 is 62.2. The van der Waals surface area contributed by atoms with Gasteiger partial charge < -0.3 is 14.8 Å². The van der Waals surface area contributed by atoms with Gasteiger partial charge in [0.2, 0.25) is 21.8 Å². The summed E-state index contributed by atoms with van der Waals surface area (Å²) >= 11 is 0. The van der Waals surface area contributed by atoms with E-state index in [4.69, 9.17) is 0 Å². The van der Waals surface area contributed by atoms with Crippen molar-refractivity contribution in [3.8, 4) is 5.88 Å². The first-order chi connectivity index (χ1) is 17.9. The van der Waals surface area contributed by atoms with Gasteiger partial charge >= 0.3 is 12.6 Å². The number of aromatic nitrogens is 1. The number of hydrogen-bond acceptors (Lipinski definition) is 7. The van der Waals surface area contributed by atoms with Crippen LogP contribution in [0, 0.1) is 6.92 Å². The van der Waals surface area contributed by atoms with Gasteiger partial charge in [-0.2, -0.15) is 8.78 Å². The zero-order chi connectivity index (χ0) is 28.1. The van der Waals surface area contributed by atoms with E-state index in [9.17, 15) is 26.8 Å². The standard InChI is InChI=1S/C26H33F2N3O6S/c1-17(2)19-7-5-6-8-20(19)26(12-14-31(15-13-26)38(34,35)16-11-22(32)36-4)24(33)30-21-10-9-18(3)29-23(21)37-25(27)28/h5-10,17,25H,11-16H2,1-4H3,(H,30,33). The van der Waals surface area contributed by atoms with Crippen LogP contribution in [0.2, 0.25) is 0 Å². The number of esters is 1. The molecule has 1 saturated heterocycles. The van der Waals surface area contributed by atoms with Gasteiger partial charge in [-0.05, 0) is 48.9 Å². The monoisotopic (exact) mass is 553 g/mol. The second kappa shape index (κ2) is 12.2. The molecule has 0 bridgehead atoms. The highest BCUT2D eigenvalue weighted by atomic mass is 32.2. The van der Waals surface area contributed by atoms with E-state index in [2.05, 4.69) is 19.8 Å². The van der Waals surface area contributed by atoms with Gasteiger partial charge in [0.05, 0.1) is 24.7 Å². The Balaban J connectivity index is 1.97. The number of pyridine rings is 1. The summed E-state index contributed by atoms with van der Waals surface area (Å²) in [5, 5.41) is 2.73. The molecule has 0 unspecified atom stereocenters. The average Bonchev–Trinajstić information content (AvgIpc) is 2.88. The lowest BCUT2D eigenvalue weighted by molar-refractivity contribution is -0.140. The summed E-state index contributed by atoms with van der Waals surface area (Å²) in [4.78, 5) is 29.5. The molecule has 1 N–H and O–H groups in total. The van der Waals surface area contributed by atoms with Crippen LogP contribution in [0.3, 0.4) is 0 Å². The molecule has 0 saturated carbocycles. The molecule has 1 aliphatic rings. The number of amides is 1. The summed E-state index contributed by atoms with van der Waals surface area (Å²) in [5.74, 6) is -1.83. The van der Waals surface area contributed by atoms with Gasteiger partial charge in [-0.1, -0.05) is 38.1 Å². The molecule has 38 heavy (non-hydrogen) atoms. The fourth-order valence-corrected chi connectivity index (χ4v) is 6.11. The molecule has 208 valence electrons. The van der Waals surface area contributed by atoms with E-state index >= 15 is 0 Å². The van der Waals surface area contributed by atoms with Crippen LogP contribution in [0.5, 0.6) is 5.88 Å². The normalized spacial score (nSPS) is 15.9. The van der Waals surface area contributed by atoms with E-state index in [0.717, 1.165) is 11.1 Å². The average molecular weight is 554 g/mol. The number of nitrogens with one attached hydrogen (secondary N) is 1. The Morgan fingerprint density at radius 2 is 1.79 bits per heavy atom. The predicted molar refractivity (Wildman–Crippen MR) is 138 cm³/mol. The first-order valence-corrected chi connectivity index (χ1v) is 13.9. The van der Waals surface area contributed by atoms with E-state index in [1.807, 2.05) is 38.1 Å². The number of nitrogens with zero attached hydrogens (tertiary/aromatic N) is 2. The molecular formula is C26H33F2N3O6S. The number of rotatable bonds is 10. The van der Waals surface area contributed by atoms with Gasteiger partial charge in [0, 0.05) is 18.8 Å². The van der Waals surface area contributed by atoms with E-state index in [1.54, 1.807) is 13.0 Å². The molecule has 0 aliphatic carbocycles. The molecule has 0 atom stereocenters. The van der Waals surface area contributed by atoms with E-state index < -0.39 is 45.6 Å². The van der Waals surface area contributed by atoms with Gasteiger partial charge in [0.1, 0.15) is 5.69 Å². The van der Waals surface area contributed by atoms with Gasteiger partial charge in [-0.25, -0.2) is 17.7 Å². The van der Waals surface area contributed by atoms with Crippen molar-refractivity contribution in [2.75, 3.05) is 31.3 Å². The summed E-state index contributed by atoms with van der Waals surface area (Å²) in [6, 6.07) is 10.5. The lowest BCUT2D eigenvalue weighted by atomic mass is 9.69. The third-order valence-corrected chi connectivity index (χ3v) is 8.61. The number of halogens is 2. The first kappa shape index (κ1) is 29.4. The van der Waals surface area contributed by atoms with Crippen molar-refractivity contribution >= 4 is 27.6 Å². The van der Waals surface area contributed by atoms with Crippen LogP contribution in [0.4, 0.5) is 14.5 Å². The lowest BCUT2D eigenvalue weighted by Crippen LogP contribution is -2.51.